The van der Waals surface area contributed by atoms with Gasteiger partial charge in [-0.25, -0.2) is 0 Å². The average molecular weight is 180 g/mol. The Labute approximate surface area is 77.8 Å². The summed E-state index contributed by atoms with van der Waals surface area (Å²) < 4.78 is 0. The molecule has 0 saturated carbocycles. The van der Waals surface area contributed by atoms with Crippen LogP contribution in [-0.4, -0.2) is 9.97 Å². The Hall–Kier alpha value is -0.960. The zero-order valence-corrected chi connectivity index (χ0v) is 7.84. The molecule has 0 aliphatic rings. The van der Waals surface area contributed by atoms with Crippen molar-refractivity contribution in [3.8, 4) is 0 Å². The van der Waals surface area contributed by atoms with Gasteiger partial charge in [0.2, 0.25) is 0 Å². The maximum absolute atomic E-state index is 5.49. The lowest BCUT2D eigenvalue weighted by atomic mass is 10.0. The standard InChI is InChI=1S/C9H12N2S/c1-7(9(10)12)5-8-3-2-4-11-6-8/h2-4,6-7H,5H2,1H3,(H2,10,12). The molecule has 1 heterocycles. The molecule has 0 fully saturated rings. The normalized spacial score (nSPS) is 12.4. The second-order valence-corrected chi connectivity index (χ2v) is 3.34. The van der Waals surface area contributed by atoms with Crippen LogP contribution >= 0.6 is 12.2 Å². The van der Waals surface area contributed by atoms with Gasteiger partial charge in [0.05, 0.1) is 4.99 Å². The van der Waals surface area contributed by atoms with E-state index in [2.05, 4.69) is 4.98 Å². The molecule has 64 valence electrons. The Kier molecular flexibility index (Phi) is 3.17. The Bertz CT molecular complexity index is 258. The van der Waals surface area contributed by atoms with Gasteiger partial charge in [-0.05, 0) is 18.1 Å². The average Bonchev–Trinajstić information content (AvgIpc) is 2.06. The van der Waals surface area contributed by atoms with Crippen molar-refractivity contribution in [3.63, 3.8) is 0 Å². The van der Waals surface area contributed by atoms with Crippen molar-refractivity contribution in [1.82, 2.24) is 4.98 Å². The molecule has 1 unspecified atom stereocenters. The van der Waals surface area contributed by atoms with Crippen LogP contribution in [-0.2, 0) is 6.42 Å². The molecular weight excluding hydrogens is 168 g/mol. The lowest BCUT2D eigenvalue weighted by molar-refractivity contribution is 0.768. The van der Waals surface area contributed by atoms with Gasteiger partial charge in [-0.1, -0.05) is 25.2 Å². The van der Waals surface area contributed by atoms with Crippen LogP contribution in [0.4, 0.5) is 0 Å². The summed E-state index contributed by atoms with van der Waals surface area (Å²) >= 11 is 4.87. The van der Waals surface area contributed by atoms with Crippen molar-refractivity contribution in [2.75, 3.05) is 0 Å². The first-order valence-electron chi connectivity index (χ1n) is 3.88. The van der Waals surface area contributed by atoms with Gasteiger partial charge in [0.15, 0.2) is 0 Å². The molecule has 12 heavy (non-hydrogen) atoms. The van der Waals surface area contributed by atoms with Gasteiger partial charge in [-0.15, -0.1) is 0 Å². The number of hydrogen-bond donors (Lipinski definition) is 1. The van der Waals surface area contributed by atoms with E-state index in [1.807, 2.05) is 25.3 Å². The van der Waals surface area contributed by atoms with Crippen LogP contribution in [0, 0.1) is 5.92 Å². The van der Waals surface area contributed by atoms with E-state index >= 15 is 0 Å². The number of thiocarbonyl (C=S) groups is 1. The van der Waals surface area contributed by atoms with Gasteiger partial charge >= 0.3 is 0 Å². The van der Waals surface area contributed by atoms with E-state index in [0.29, 0.717) is 4.99 Å². The predicted molar refractivity (Wildman–Crippen MR) is 53.9 cm³/mol. The number of pyridine rings is 1. The van der Waals surface area contributed by atoms with Crippen LogP contribution in [0.1, 0.15) is 12.5 Å². The summed E-state index contributed by atoms with van der Waals surface area (Å²) in [5.41, 5.74) is 6.67. The van der Waals surface area contributed by atoms with E-state index in [1.165, 1.54) is 5.56 Å². The largest absolute Gasteiger partial charge is 0.393 e. The molecule has 2 nitrogen and oxygen atoms in total. The van der Waals surface area contributed by atoms with Gasteiger partial charge < -0.3 is 5.73 Å². The summed E-state index contributed by atoms with van der Waals surface area (Å²) in [7, 11) is 0. The molecule has 0 amide bonds. The number of aromatic nitrogens is 1. The zero-order chi connectivity index (χ0) is 8.97. The molecule has 1 atom stereocenters. The maximum atomic E-state index is 5.49. The number of hydrogen-bond acceptors (Lipinski definition) is 2. The number of nitrogens with two attached hydrogens (primary N) is 1. The van der Waals surface area contributed by atoms with Crippen LogP contribution in [0.3, 0.4) is 0 Å². The fourth-order valence-electron chi connectivity index (χ4n) is 0.973. The van der Waals surface area contributed by atoms with Gasteiger partial charge in [0, 0.05) is 18.3 Å². The van der Waals surface area contributed by atoms with Gasteiger partial charge in [-0.3, -0.25) is 4.98 Å². The number of nitrogens with zero attached hydrogens (tertiary/aromatic N) is 1. The summed E-state index contributed by atoms with van der Waals surface area (Å²) in [6.07, 6.45) is 4.48. The fraction of sp³-hybridized carbons (Fsp3) is 0.333. The van der Waals surface area contributed by atoms with E-state index in [4.69, 9.17) is 18.0 Å². The predicted octanol–water partition coefficient (Wildman–Crippen LogP) is 1.55. The van der Waals surface area contributed by atoms with E-state index in [9.17, 15) is 0 Å². The Balaban J connectivity index is 2.58. The monoisotopic (exact) mass is 180 g/mol. The number of rotatable bonds is 3. The minimum atomic E-state index is 0.254. The van der Waals surface area contributed by atoms with Crippen molar-refractivity contribution < 1.29 is 0 Å². The highest BCUT2D eigenvalue weighted by Gasteiger charge is 2.05. The molecule has 1 aromatic rings. The summed E-state index contributed by atoms with van der Waals surface area (Å²) in [5.74, 6) is 0.254. The summed E-state index contributed by atoms with van der Waals surface area (Å²) in [5, 5.41) is 0. The molecular formula is C9H12N2S. The smallest absolute Gasteiger partial charge is 0.0759 e. The molecule has 1 aromatic heterocycles. The molecule has 2 N–H and O–H groups in total. The fourth-order valence-corrected chi connectivity index (χ4v) is 1.06. The lowest BCUT2D eigenvalue weighted by Crippen LogP contribution is -2.20. The molecule has 0 aliphatic heterocycles. The van der Waals surface area contributed by atoms with Crippen molar-refractivity contribution in [2.24, 2.45) is 11.7 Å². The van der Waals surface area contributed by atoms with Crippen LogP contribution in [0.5, 0.6) is 0 Å². The van der Waals surface area contributed by atoms with Crippen LogP contribution in [0.15, 0.2) is 24.5 Å². The van der Waals surface area contributed by atoms with E-state index in [1.54, 1.807) is 6.20 Å². The Morgan fingerprint density at radius 3 is 3.00 bits per heavy atom. The molecule has 0 saturated heterocycles. The van der Waals surface area contributed by atoms with E-state index in [0.717, 1.165) is 6.42 Å². The third kappa shape index (κ3) is 2.58. The van der Waals surface area contributed by atoms with Crippen LogP contribution in [0.25, 0.3) is 0 Å². The van der Waals surface area contributed by atoms with Gasteiger partial charge in [0.25, 0.3) is 0 Å². The summed E-state index contributed by atoms with van der Waals surface area (Å²) in [6, 6.07) is 3.95. The highest BCUT2D eigenvalue weighted by Crippen LogP contribution is 2.06. The minimum absolute atomic E-state index is 0.254. The summed E-state index contributed by atoms with van der Waals surface area (Å²) in [6.45, 7) is 2.02. The van der Waals surface area contributed by atoms with Gasteiger partial charge in [0.1, 0.15) is 0 Å². The van der Waals surface area contributed by atoms with Crippen molar-refractivity contribution in [3.05, 3.63) is 30.1 Å². The molecule has 0 radical (unpaired) electrons. The lowest BCUT2D eigenvalue weighted by Gasteiger charge is -2.07. The SMILES string of the molecule is CC(Cc1cccnc1)C(N)=S. The maximum Gasteiger partial charge on any atom is 0.0759 e. The molecule has 0 bridgehead atoms. The first-order valence-corrected chi connectivity index (χ1v) is 4.29. The Morgan fingerprint density at radius 1 is 1.75 bits per heavy atom. The Morgan fingerprint density at radius 2 is 2.50 bits per heavy atom. The second kappa shape index (κ2) is 4.16. The van der Waals surface area contributed by atoms with Crippen LogP contribution < -0.4 is 5.73 Å². The molecule has 0 aromatic carbocycles. The zero-order valence-electron chi connectivity index (χ0n) is 7.03. The second-order valence-electron chi connectivity index (χ2n) is 2.87. The quantitative estimate of drug-likeness (QED) is 0.717. The van der Waals surface area contributed by atoms with Crippen molar-refractivity contribution >= 4 is 17.2 Å². The third-order valence-corrected chi connectivity index (χ3v) is 2.15. The van der Waals surface area contributed by atoms with Crippen molar-refractivity contribution in [2.45, 2.75) is 13.3 Å². The molecule has 3 heteroatoms. The van der Waals surface area contributed by atoms with E-state index < -0.39 is 0 Å². The summed E-state index contributed by atoms with van der Waals surface area (Å²) in [4.78, 5) is 4.58. The topological polar surface area (TPSA) is 38.9 Å². The van der Waals surface area contributed by atoms with Gasteiger partial charge in [-0.2, -0.15) is 0 Å². The molecule has 0 aliphatic carbocycles. The third-order valence-electron chi connectivity index (χ3n) is 1.75. The highest BCUT2D eigenvalue weighted by atomic mass is 32.1. The minimum Gasteiger partial charge on any atom is -0.393 e. The molecule has 0 spiro atoms. The highest BCUT2D eigenvalue weighted by molar-refractivity contribution is 7.80. The first-order chi connectivity index (χ1) is 5.70. The van der Waals surface area contributed by atoms with Crippen LogP contribution in [0.2, 0.25) is 0 Å². The molecule has 1 rings (SSSR count). The first kappa shape index (κ1) is 9.13. The van der Waals surface area contributed by atoms with Crippen molar-refractivity contribution in [1.29, 1.82) is 0 Å². The van der Waals surface area contributed by atoms with E-state index in [-0.39, 0.29) is 5.92 Å².